The second-order valence-electron chi connectivity index (χ2n) is 3.33. The predicted octanol–water partition coefficient (Wildman–Crippen LogP) is 3.90. The third-order valence-electron chi connectivity index (χ3n) is 2.15. The quantitative estimate of drug-likeness (QED) is 0.538. The van der Waals surface area contributed by atoms with E-state index in [0.29, 0.717) is 0 Å². The molecule has 0 bridgehead atoms. The van der Waals surface area contributed by atoms with Gasteiger partial charge in [-0.2, -0.15) is 0 Å². The molecule has 0 radical (unpaired) electrons. The van der Waals surface area contributed by atoms with Gasteiger partial charge in [0.25, 0.3) is 0 Å². The van der Waals surface area contributed by atoms with E-state index in [9.17, 15) is 0 Å². The van der Waals surface area contributed by atoms with Gasteiger partial charge >= 0.3 is 0 Å². The normalized spacial score (nSPS) is 10.2. The molecule has 0 amide bonds. The van der Waals surface area contributed by atoms with Crippen LogP contribution in [0.4, 0.5) is 0 Å². The van der Waals surface area contributed by atoms with Crippen molar-refractivity contribution in [2.24, 2.45) is 0 Å². The van der Waals surface area contributed by atoms with Crippen molar-refractivity contribution in [1.29, 1.82) is 0 Å². The maximum atomic E-state index is 5.63. The number of benzene rings is 1. The highest BCUT2D eigenvalue weighted by molar-refractivity contribution is 7.98. The molecule has 0 atom stereocenters. The fourth-order valence-electron chi connectivity index (χ4n) is 1.22. The Hall–Kier alpha value is -0.630. The lowest BCUT2D eigenvalue weighted by Crippen LogP contribution is -1.96. The summed E-state index contributed by atoms with van der Waals surface area (Å²) in [5, 5.41) is 0. The summed E-state index contributed by atoms with van der Waals surface area (Å²) < 4.78 is 5.63. The van der Waals surface area contributed by atoms with Crippen LogP contribution in [-0.4, -0.2) is 12.9 Å². The van der Waals surface area contributed by atoms with E-state index in [4.69, 9.17) is 4.74 Å². The first-order chi connectivity index (χ1) is 6.77. The lowest BCUT2D eigenvalue weighted by Gasteiger charge is -2.08. The molecule has 1 nitrogen and oxygen atoms in total. The first-order valence-electron chi connectivity index (χ1n) is 5.05. The topological polar surface area (TPSA) is 9.23 Å². The lowest BCUT2D eigenvalue weighted by atomic mass is 10.2. The van der Waals surface area contributed by atoms with Gasteiger partial charge < -0.3 is 4.74 Å². The van der Waals surface area contributed by atoms with Crippen LogP contribution >= 0.6 is 11.8 Å². The van der Waals surface area contributed by atoms with Crippen LogP contribution in [0.1, 0.15) is 25.3 Å². The minimum absolute atomic E-state index is 0.827. The van der Waals surface area contributed by atoms with Crippen molar-refractivity contribution in [2.45, 2.75) is 31.6 Å². The van der Waals surface area contributed by atoms with Gasteiger partial charge in [0, 0.05) is 4.90 Å². The van der Waals surface area contributed by atoms with Gasteiger partial charge in [-0.3, -0.25) is 0 Å². The van der Waals surface area contributed by atoms with Crippen molar-refractivity contribution >= 4 is 11.8 Å². The molecule has 0 heterocycles. The summed E-state index contributed by atoms with van der Waals surface area (Å²) in [6.07, 6.45) is 4.40. The van der Waals surface area contributed by atoms with E-state index in [1.54, 1.807) is 11.8 Å². The van der Waals surface area contributed by atoms with Crippen LogP contribution in [0, 0.1) is 6.92 Å². The van der Waals surface area contributed by atoms with Crippen molar-refractivity contribution in [3.8, 4) is 5.75 Å². The highest BCUT2D eigenvalue weighted by Crippen LogP contribution is 2.24. The lowest BCUT2D eigenvalue weighted by molar-refractivity contribution is 0.308. The first-order valence-corrected chi connectivity index (χ1v) is 6.28. The Morgan fingerprint density at radius 3 is 2.79 bits per heavy atom. The molecule has 1 rings (SSSR count). The highest BCUT2D eigenvalue weighted by Gasteiger charge is 1.99. The molecule has 0 fully saturated rings. The molecule has 0 aliphatic rings. The zero-order valence-corrected chi connectivity index (χ0v) is 9.99. The van der Waals surface area contributed by atoms with Crippen molar-refractivity contribution in [1.82, 2.24) is 0 Å². The van der Waals surface area contributed by atoms with E-state index in [2.05, 4.69) is 32.2 Å². The molecule has 0 aliphatic heterocycles. The fourth-order valence-corrected chi connectivity index (χ4v) is 1.85. The molecule has 14 heavy (non-hydrogen) atoms. The molecule has 0 saturated carbocycles. The monoisotopic (exact) mass is 210 g/mol. The molecular formula is C12H18OS. The van der Waals surface area contributed by atoms with Crippen molar-refractivity contribution < 1.29 is 4.74 Å². The third-order valence-corrected chi connectivity index (χ3v) is 3.03. The Bertz CT molecular complexity index is 284. The number of hydrogen-bond acceptors (Lipinski definition) is 2. The number of ether oxygens (including phenoxy) is 1. The fraction of sp³-hybridized carbons (Fsp3) is 0.500. The summed E-state index contributed by atoms with van der Waals surface area (Å²) in [6, 6.07) is 6.29. The molecule has 0 aliphatic carbocycles. The molecule has 2 heteroatoms. The van der Waals surface area contributed by atoms with Gasteiger partial charge in [0.1, 0.15) is 5.75 Å². The Labute approximate surface area is 90.9 Å². The van der Waals surface area contributed by atoms with Gasteiger partial charge in [-0.05, 0) is 37.3 Å². The summed E-state index contributed by atoms with van der Waals surface area (Å²) in [7, 11) is 0. The van der Waals surface area contributed by atoms with Crippen LogP contribution in [0.25, 0.3) is 0 Å². The maximum Gasteiger partial charge on any atom is 0.120 e. The summed E-state index contributed by atoms with van der Waals surface area (Å²) >= 11 is 1.77. The third kappa shape index (κ3) is 3.26. The van der Waals surface area contributed by atoms with Crippen LogP contribution in [0.2, 0.25) is 0 Å². The molecule has 1 aromatic rings. The summed E-state index contributed by atoms with van der Waals surface area (Å²) in [6.45, 7) is 5.13. The minimum atomic E-state index is 0.827. The van der Waals surface area contributed by atoms with Gasteiger partial charge in [0.2, 0.25) is 0 Å². The van der Waals surface area contributed by atoms with Crippen LogP contribution < -0.4 is 4.74 Å². The van der Waals surface area contributed by atoms with Crippen LogP contribution in [-0.2, 0) is 0 Å². The number of hydrogen-bond donors (Lipinski definition) is 0. The summed E-state index contributed by atoms with van der Waals surface area (Å²) in [4.78, 5) is 1.30. The molecular weight excluding hydrogens is 192 g/mol. The molecule has 0 N–H and O–H groups in total. The smallest absolute Gasteiger partial charge is 0.120 e. The van der Waals surface area contributed by atoms with Gasteiger partial charge in [-0.1, -0.05) is 19.4 Å². The van der Waals surface area contributed by atoms with Crippen LogP contribution in [0.15, 0.2) is 23.1 Å². The van der Waals surface area contributed by atoms with Gasteiger partial charge in [-0.15, -0.1) is 11.8 Å². The van der Waals surface area contributed by atoms with Gasteiger partial charge in [-0.25, -0.2) is 0 Å². The van der Waals surface area contributed by atoms with E-state index >= 15 is 0 Å². The number of unbranched alkanes of at least 4 members (excludes halogenated alkanes) is 1. The largest absolute Gasteiger partial charge is 0.494 e. The van der Waals surface area contributed by atoms with Crippen LogP contribution in [0.3, 0.4) is 0 Å². The SMILES string of the molecule is CCCCOc1ccc(C)c(SC)c1. The Balaban J connectivity index is 2.60. The number of aryl methyl sites for hydroxylation is 1. The Morgan fingerprint density at radius 1 is 1.36 bits per heavy atom. The molecule has 0 spiro atoms. The first kappa shape index (κ1) is 11.4. The summed E-state index contributed by atoms with van der Waals surface area (Å²) in [5.74, 6) is 0.994. The molecule has 0 aromatic heterocycles. The van der Waals surface area contributed by atoms with E-state index in [1.807, 2.05) is 6.07 Å². The molecule has 1 aromatic carbocycles. The van der Waals surface area contributed by atoms with Crippen LogP contribution in [0.5, 0.6) is 5.75 Å². The van der Waals surface area contributed by atoms with Crippen molar-refractivity contribution in [3.63, 3.8) is 0 Å². The highest BCUT2D eigenvalue weighted by atomic mass is 32.2. The zero-order valence-electron chi connectivity index (χ0n) is 9.17. The second-order valence-corrected chi connectivity index (χ2v) is 4.18. The standard InChI is InChI=1S/C12H18OS/c1-4-5-8-13-11-7-6-10(2)12(9-11)14-3/h6-7,9H,4-5,8H2,1-3H3. The average Bonchev–Trinajstić information content (AvgIpc) is 2.21. The molecule has 78 valence electrons. The van der Waals surface area contributed by atoms with Gasteiger partial charge in [0.05, 0.1) is 6.61 Å². The Morgan fingerprint density at radius 2 is 2.14 bits per heavy atom. The van der Waals surface area contributed by atoms with E-state index in [1.165, 1.54) is 16.9 Å². The van der Waals surface area contributed by atoms with E-state index in [0.717, 1.165) is 18.8 Å². The van der Waals surface area contributed by atoms with Crippen molar-refractivity contribution in [2.75, 3.05) is 12.9 Å². The number of thioether (sulfide) groups is 1. The minimum Gasteiger partial charge on any atom is -0.494 e. The van der Waals surface area contributed by atoms with Gasteiger partial charge in [0.15, 0.2) is 0 Å². The molecule has 0 unspecified atom stereocenters. The average molecular weight is 210 g/mol. The predicted molar refractivity (Wildman–Crippen MR) is 63.4 cm³/mol. The second kappa shape index (κ2) is 5.97. The summed E-state index contributed by atoms with van der Waals surface area (Å²) in [5.41, 5.74) is 1.32. The van der Waals surface area contributed by atoms with Crippen molar-refractivity contribution in [3.05, 3.63) is 23.8 Å². The zero-order chi connectivity index (χ0) is 10.4. The Kier molecular flexibility index (Phi) is 4.88. The number of rotatable bonds is 5. The van der Waals surface area contributed by atoms with E-state index in [-0.39, 0.29) is 0 Å². The molecule has 0 saturated heterocycles. The maximum absolute atomic E-state index is 5.63. The van der Waals surface area contributed by atoms with E-state index < -0.39 is 0 Å².